The maximum absolute atomic E-state index is 11.7. The van der Waals surface area contributed by atoms with Gasteiger partial charge in [0, 0.05) is 11.6 Å². The van der Waals surface area contributed by atoms with Crippen LogP contribution in [-0.2, 0) is 9.53 Å². The van der Waals surface area contributed by atoms with E-state index in [9.17, 15) is 9.90 Å². The van der Waals surface area contributed by atoms with Crippen LogP contribution >= 0.6 is 24.0 Å². The van der Waals surface area contributed by atoms with Crippen molar-refractivity contribution in [3.63, 3.8) is 0 Å². The number of aliphatic hydroxyl groups is 1. The van der Waals surface area contributed by atoms with Crippen LogP contribution < -0.4 is 0 Å². The van der Waals surface area contributed by atoms with Crippen molar-refractivity contribution >= 4 is 36.1 Å². The summed E-state index contributed by atoms with van der Waals surface area (Å²) < 4.78 is 5.08. The van der Waals surface area contributed by atoms with Crippen LogP contribution in [0.15, 0.2) is 30.3 Å². The second-order valence-electron chi connectivity index (χ2n) is 6.13. The largest absolute Gasteiger partial charge is 0.466 e. The molecule has 1 aromatic carbocycles. The first-order valence-electron chi connectivity index (χ1n) is 8.59. The predicted molar refractivity (Wildman–Crippen MR) is 104 cm³/mol. The highest BCUT2D eigenvalue weighted by atomic mass is 35.5. The SMILES string of the molecule is CCOC(=O)C1CCN(CCC(O)C=Cc2ccc(Cl)cc2)CC1.Cl. The van der Waals surface area contributed by atoms with Crippen molar-refractivity contribution in [1.82, 2.24) is 4.90 Å². The van der Waals surface area contributed by atoms with Gasteiger partial charge in [-0.05, 0) is 57.0 Å². The maximum Gasteiger partial charge on any atom is 0.309 e. The van der Waals surface area contributed by atoms with Crippen LogP contribution in [0.2, 0.25) is 5.02 Å². The summed E-state index contributed by atoms with van der Waals surface area (Å²) in [6.45, 7) is 4.90. The monoisotopic (exact) mass is 387 g/mol. The highest BCUT2D eigenvalue weighted by Gasteiger charge is 2.25. The van der Waals surface area contributed by atoms with Gasteiger partial charge in [0.15, 0.2) is 0 Å². The Hall–Kier alpha value is -1.07. The smallest absolute Gasteiger partial charge is 0.309 e. The first-order chi connectivity index (χ1) is 11.6. The summed E-state index contributed by atoms with van der Waals surface area (Å²) in [4.78, 5) is 14.0. The van der Waals surface area contributed by atoms with Crippen molar-refractivity contribution < 1.29 is 14.6 Å². The molecule has 0 amide bonds. The van der Waals surface area contributed by atoms with Crippen LogP contribution in [0.25, 0.3) is 6.08 Å². The van der Waals surface area contributed by atoms with E-state index < -0.39 is 6.10 Å². The van der Waals surface area contributed by atoms with Crippen molar-refractivity contribution in [2.75, 3.05) is 26.2 Å². The molecule has 140 valence electrons. The molecule has 1 heterocycles. The fourth-order valence-electron chi connectivity index (χ4n) is 2.86. The molecule has 0 spiro atoms. The Labute approximate surface area is 161 Å². The lowest BCUT2D eigenvalue weighted by molar-refractivity contribution is -0.149. The Balaban J connectivity index is 0.00000312. The lowest BCUT2D eigenvalue weighted by atomic mass is 9.97. The molecule has 1 saturated heterocycles. The summed E-state index contributed by atoms with van der Waals surface area (Å²) in [7, 11) is 0. The molecule has 25 heavy (non-hydrogen) atoms. The van der Waals surface area contributed by atoms with Gasteiger partial charge in [-0.15, -0.1) is 12.4 Å². The molecule has 1 N–H and O–H groups in total. The summed E-state index contributed by atoms with van der Waals surface area (Å²) in [5, 5.41) is 10.8. The van der Waals surface area contributed by atoms with Crippen LogP contribution in [-0.4, -0.2) is 48.3 Å². The number of ether oxygens (including phenoxy) is 1. The number of carbonyl (C=O) groups is 1. The summed E-state index contributed by atoms with van der Waals surface area (Å²) in [5.74, 6) is -0.0287. The molecule has 0 saturated carbocycles. The van der Waals surface area contributed by atoms with Gasteiger partial charge >= 0.3 is 5.97 Å². The minimum absolute atomic E-state index is 0. The van der Waals surface area contributed by atoms with Gasteiger partial charge in [0.1, 0.15) is 0 Å². The van der Waals surface area contributed by atoms with Gasteiger partial charge in [0.25, 0.3) is 0 Å². The van der Waals surface area contributed by atoms with Crippen LogP contribution in [0.1, 0.15) is 31.7 Å². The van der Waals surface area contributed by atoms with Gasteiger partial charge in [-0.2, -0.15) is 0 Å². The molecule has 1 aliphatic rings. The van der Waals surface area contributed by atoms with E-state index in [0.29, 0.717) is 18.1 Å². The number of rotatable bonds is 7. The van der Waals surface area contributed by atoms with E-state index in [1.807, 2.05) is 43.3 Å². The summed E-state index contributed by atoms with van der Waals surface area (Å²) in [6.07, 6.45) is 5.63. The molecule has 0 aromatic heterocycles. The van der Waals surface area contributed by atoms with Gasteiger partial charge < -0.3 is 14.7 Å². The van der Waals surface area contributed by atoms with Crippen molar-refractivity contribution in [3.05, 3.63) is 40.9 Å². The fourth-order valence-corrected chi connectivity index (χ4v) is 2.99. The van der Waals surface area contributed by atoms with Crippen LogP contribution in [0.4, 0.5) is 0 Å². The van der Waals surface area contributed by atoms with E-state index in [2.05, 4.69) is 4.90 Å². The first-order valence-corrected chi connectivity index (χ1v) is 8.97. The molecule has 1 fully saturated rings. The van der Waals surface area contributed by atoms with Crippen LogP contribution in [0, 0.1) is 5.92 Å². The molecule has 2 rings (SSSR count). The fraction of sp³-hybridized carbons (Fsp3) is 0.526. The first kappa shape index (κ1) is 22.0. The molecule has 1 aliphatic heterocycles. The number of likely N-dealkylation sites (tertiary alicyclic amines) is 1. The van der Waals surface area contributed by atoms with E-state index in [-0.39, 0.29) is 24.3 Å². The third kappa shape index (κ3) is 7.78. The number of nitrogens with zero attached hydrogens (tertiary/aromatic N) is 1. The molecule has 0 aliphatic carbocycles. The number of aliphatic hydroxyl groups excluding tert-OH is 1. The topological polar surface area (TPSA) is 49.8 Å². The van der Waals surface area contributed by atoms with Crippen molar-refractivity contribution in [3.8, 4) is 0 Å². The Morgan fingerprint density at radius 1 is 1.36 bits per heavy atom. The highest BCUT2D eigenvalue weighted by molar-refractivity contribution is 6.30. The van der Waals surface area contributed by atoms with E-state index in [0.717, 1.165) is 38.0 Å². The Morgan fingerprint density at radius 2 is 2.00 bits per heavy atom. The van der Waals surface area contributed by atoms with E-state index in [4.69, 9.17) is 16.3 Å². The third-order valence-corrected chi connectivity index (χ3v) is 4.58. The predicted octanol–water partition coefficient (Wildman–Crippen LogP) is 3.80. The van der Waals surface area contributed by atoms with Crippen molar-refractivity contribution in [2.45, 2.75) is 32.3 Å². The summed E-state index contributed by atoms with van der Waals surface area (Å²) in [5.41, 5.74) is 1.02. The quantitative estimate of drug-likeness (QED) is 0.722. The zero-order valence-electron chi connectivity index (χ0n) is 14.6. The lowest BCUT2D eigenvalue weighted by Gasteiger charge is -2.31. The number of hydrogen-bond donors (Lipinski definition) is 1. The molecule has 6 heteroatoms. The summed E-state index contributed by atoms with van der Waals surface area (Å²) in [6, 6.07) is 7.51. The molecule has 0 radical (unpaired) electrons. The molecule has 1 aromatic rings. The standard InChI is InChI=1S/C19H26ClNO3.ClH/c1-2-24-19(23)16-9-12-21(13-10-16)14-11-18(22)8-5-15-3-6-17(20)7-4-15;/h3-8,16,18,22H,2,9-14H2,1H3;1H. The van der Waals surface area contributed by atoms with E-state index >= 15 is 0 Å². The normalized spacial score (nSPS) is 17.2. The minimum atomic E-state index is -0.469. The van der Waals surface area contributed by atoms with Gasteiger partial charge in [-0.1, -0.05) is 35.9 Å². The van der Waals surface area contributed by atoms with Gasteiger partial charge in [-0.3, -0.25) is 4.79 Å². The van der Waals surface area contributed by atoms with Gasteiger partial charge in [0.05, 0.1) is 18.6 Å². The molecule has 1 unspecified atom stereocenters. The molecular formula is C19H27Cl2NO3. The molecule has 4 nitrogen and oxygen atoms in total. The molecule has 0 bridgehead atoms. The minimum Gasteiger partial charge on any atom is -0.466 e. The average Bonchev–Trinajstić information content (AvgIpc) is 2.60. The molecular weight excluding hydrogens is 361 g/mol. The zero-order chi connectivity index (χ0) is 17.4. The van der Waals surface area contributed by atoms with Gasteiger partial charge in [0.2, 0.25) is 0 Å². The van der Waals surface area contributed by atoms with E-state index in [1.54, 1.807) is 0 Å². The van der Waals surface area contributed by atoms with Crippen LogP contribution in [0.5, 0.6) is 0 Å². The van der Waals surface area contributed by atoms with Crippen molar-refractivity contribution in [1.29, 1.82) is 0 Å². The Morgan fingerprint density at radius 3 is 2.60 bits per heavy atom. The van der Waals surface area contributed by atoms with Gasteiger partial charge in [-0.25, -0.2) is 0 Å². The zero-order valence-corrected chi connectivity index (χ0v) is 16.1. The Kier molecular flexibility index (Phi) is 10.1. The number of benzene rings is 1. The lowest BCUT2D eigenvalue weighted by Crippen LogP contribution is -2.38. The van der Waals surface area contributed by atoms with E-state index in [1.165, 1.54) is 0 Å². The summed E-state index contributed by atoms with van der Waals surface area (Å²) >= 11 is 5.85. The van der Waals surface area contributed by atoms with Crippen LogP contribution in [0.3, 0.4) is 0 Å². The maximum atomic E-state index is 11.7. The third-order valence-electron chi connectivity index (χ3n) is 4.33. The average molecular weight is 388 g/mol. The second kappa shape index (κ2) is 11.5. The van der Waals surface area contributed by atoms with Crippen molar-refractivity contribution in [2.24, 2.45) is 5.92 Å². The molecule has 1 atom stereocenters. The number of esters is 1. The Bertz CT molecular complexity index is 540. The number of hydrogen-bond acceptors (Lipinski definition) is 4. The second-order valence-corrected chi connectivity index (χ2v) is 6.57. The highest BCUT2D eigenvalue weighted by Crippen LogP contribution is 2.19. The number of piperidine rings is 1. The number of halogens is 2. The number of carbonyl (C=O) groups excluding carboxylic acids is 1.